The van der Waals surface area contributed by atoms with Crippen LogP contribution in [-0.4, -0.2) is 44.7 Å². The van der Waals surface area contributed by atoms with Crippen LogP contribution in [0.2, 0.25) is 0 Å². The SMILES string of the molecule is CCCCNC(=O)c1ccc(CN=C(NCC)NCCCOCC(C)C)cc1.I. The molecule has 0 atom stereocenters. The summed E-state index contributed by atoms with van der Waals surface area (Å²) < 4.78 is 5.59. The monoisotopic (exact) mass is 518 g/mol. The molecule has 0 saturated carbocycles. The quantitative estimate of drug-likeness (QED) is 0.160. The van der Waals surface area contributed by atoms with E-state index in [0.29, 0.717) is 18.0 Å². The summed E-state index contributed by atoms with van der Waals surface area (Å²) in [6.45, 7) is 13.0. The highest BCUT2D eigenvalue weighted by molar-refractivity contribution is 14.0. The van der Waals surface area contributed by atoms with Crippen LogP contribution in [0.15, 0.2) is 29.3 Å². The highest BCUT2D eigenvalue weighted by Gasteiger charge is 2.04. The van der Waals surface area contributed by atoms with Gasteiger partial charge in [-0.3, -0.25) is 4.79 Å². The molecule has 6 nitrogen and oxygen atoms in total. The van der Waals surface area contributed by atoms with Gasteiger partial charge in [-0.15, -0.1) is 24.0 Å². The van der Waals surface area contributed by atoms with Gasteiger partial charge in [-0.1, -0.05) is 39.3 Å². The van der Waals surface area contributed by atoms with Crippen molar-refractivity contribution in [2.24, 2.45) is 10.9 Å². The van der Waals surface area contributed by atoms with Crippen molar-refractivity contribution < 1.29 is 9.53 Å². The maximum atomic E-state index is 12.0. The fourth-order valence-corrected chi connectivity index (χ4v) is 2.45. The average molecular weight is 518 g/mol. The molecule has 1 aromatic carbocycles. The van der Waals surface area contributed by atoms with Gasteiger partial charge in [0.2, 0.25) is 0 Å². The summed E-state index contributed by atoms with van der Waals surface area (Å²) in [5.41, 5.74) is 1.76. The summed E-state index contributed by atoms with van der Waals surface area (Å²) in [6.07, 6.45) is 3.02. The van der Waals surface area contributed by atoms with Crippen molar-refractivity contribution >= 4 is 35.8 Å². The highest BCUT2D eigenvalue weighted by atomic mass is 127. The van der Waals surface area contributed by atoms with Crippen molar-refractivity contribution in [3.63, 3.8) is 0 Å². The second kappa shape index (κ2) is 17.5. The molecule has 0 fully saturated rings. The molecule has 0 radical (unpaired) electrons. The Morgan fingerprint density at radius 3 is 2.34 bits per heavy atom. The largest absolute Gasteiger partial charge is 0.381 e. The Labute approximate surface area is 193 Å². The van der Waals surface area contributed by atoms with Gasteiger partial charge in [0.25, 0.3) is 5.91 Å². The number of carbonyl (C=O) groups is 1. The zero-order chi connectivity index (χ0) is 20.6. The molecule has 0 unspecified atom stereocenters. The predicted molar refractivity (Wildman–Crippen MR) is 132 cm³/mol. The fourth-order valence-electron chi connectivity index (χ4n) is 2.45. The molecule has 0 aliphatic rings. The smallest absolute Gasteiger partial charge is 0.251 e. The van der Waals surface area contributed by atoms with E-state index in [1.807, 2.05) is 24.3 Å². The highest BCUT2D eigenvalue weighted by Crippen LogP contribution is 2.06. The maximum absolute atomic E-state index is 12.0. The van der Waals surface area contributed by atoms with E-state index in [9.17, 15) is 4.79 Å². The van der Waals surface area contributed by atoms with Gasteiger partial charge in [0.05, 0.1) is 6.54 Å². The van der Waals surface area contributed by atoms with Gasteiger partial charge >= 0.3 is 0 Å². The molecule has 0 aliphatic carbocycles. The Kier molecular flexibility index (Phi) is 16.7. The predicted octanol–water partition coefficient (Wildman–Crippen LogP) is 3.95. The number of carbonyl (C=O) groups excluding carboxylic acids is 1. The first-order chi connectivity index (χ1) is 13.6. The van der Waals surface area contributed by atoms with E-state index in [4.69, 9.17) is 4.74 Å². The lowest BCUT2D eigenvalue weighted by Gasteiger charge is -2.12. The van der Waals surface area contributed by atoms with Crippen LogP contribution >= 0.6 is 24.0 Å². The molecule has 7 heteroatoms. The van der Waals surface area contributed by atoms with Gasteiger partial charge < -0.3 is 20.7 Å². The Bertz CT molecular complexity index is 577. The second-order valence-corrected chi connectivity index (χ2v) is 7.25. The fraction of sp³-hybridized carbons (Fsp3) is 0.636. The molecule has 29 heavy (non-hydrogen) atoms. The first kappa shape index (κ1) is 27.6. The van der Waals surface area contributed by atoms with Crippen LogP contribution in [0.5, 0.6) is 0 Å². The minimum Gasteiger partial charge on any atom is -0.381 e. The van der Waals surface area contributed by atoms with E-state index in [0.717, 1.165) is 63.6 Å². The third kappa shape index (κ3) is 13.5. The minimum absolute atomic E-state index is 0. The topological polar surface area (TPSA) is 74.8 Å². The molecule has 0 spiro atoms. The molecule has 166 valence electrons. The molecule has 3 N–H and O–H groups in total. The number of hydrogen-bond acceptors (Lipinski definition) is 3. The van der Waals surface area contributed by atoms with E-state index in [1.165, 1.54) is 0 Å². The number of hydrogen-bond donors (Lipinski definition) is 3. The van der Waals surface area contributed by atoms with Gasteiger partial charge in [-0.25, -0.2) is 4.99 Å². The number of nitrogens with zero attached hydrogens (tertiary/aromatic N) is 1. The summed E-state index contributed by atoms with van der Waals surface area (Å²) >= 11 is 0. The van der Waals surface area contributed by atoms with Crippen LogP contribution < -0.4 is 16.0 Å². The lowest BCUT2D eigenvalue weighted by molar-refractivity contribution is 0.0953. The normalized spacial score (nSPS) is 11.1. The summed E-state index contributed by atoms with van der Waals surface area (Å²) in [7, 11) is 0. The number of rotatable bonds is 13. The molecular weight excluding hydrogens is 479 g/mol. The van der Waals surface area contributed by atoms with E-state index < -0.39 is 0 Å². The summed E-state index contributed by atoms with van der Waals surface area (Å²) in [5.74, 6) is 1.35. The number of nitrogens with one attached hydrogen (secondary N) is 3. The van der Waals surface area contributed by atoms with E-state index in [-0.39, 0.29) is 29.9 Å². The third-order valence-electron chi connectivity index (χ3n) is 4.01. The Morgan fingerprint density at radius 2 is 1.72 bits per heavy atom. The molecule has 0 aromatic heterocycles. The van der Waals surface area contributed by atoms with Crippen LogP contribution in [0.25, 0.3) is 0 Å². The van der Waals surface area contributed by atoms with Gasteiger partial charge in [0.15, 0.2) is 5.96 Å². The van der Waals surface area contributed by atoms with E-state index in [2.05, 4.69) is 48.6 Å². The van der Waals surface area contributed by atoms with Crippen LogP contribution in [0.3, 0.4) is 0 Å². The molecule has 0 saturated heterocycles. The van der Waals surface area contributed by atoms with Crippen LogP contribution in [0.1, 0.15) is 62.9 Å². The first-order valence-corrected chi connectivity index (χ1v) is 10.5. The lowest BCUT2D eigenvalue weighted by Crippen LogP contribution is -2.38. The Morgan fingerprint density at radius 1 is 1.03 bits per heavy atom. The van der Waals surface area contributed by atoms with Crippen LogP contribution in [0.4, 0.5) is 0 Å². The van der Waals surface area contributed by atoms with Crippen LogP contribution in [-0.2, 0) is 11.3 Å². The lowest BCUT2D eigenvalue weighted by atomic mass is 10.1. The van der Waals surface area contributed by atoms with Gasteiger partial charge in [0, 0.05) is 38.4 Å². The van der Waals surface area contributed by atoms with Crippen molar-refractivity contribution in [3.05, 3.63) is 35.4 Å². The Balaban J connectivity index is 0.00000784. The Hall–Kier alpha value is -1.35. The van der Waals surface area contributed by atoms with Crippen molar-refractivity contribution in [2.75, 3.05) is 32.8 Å². The zero-order valence-electron chi connectivity index (χ0n) is 18.4. The van der Waals surface area contributed by atoms with Gasteiger partial charge in [-0.2, -0.15) is 0 Å². The number of halogens is 1. The third-order valence-corrected chi connectivity index (χ3v) is 4.01. The molecule has 1 aromatic rings. The number of amides is 1. The maximum Gasteiger partial charge on any atom is 0.251 e. The second-order valence-electron chi connectivity index (χ2n) is 7.25. The van der Waals surface area contributed by atoms with Gasteiger partial charge in [0.1, 0.15) is 0 Å². The van der Waals surface area contributed by atoms with E-state index >= 15 is 0 Å². The number of benzene rings is 1. The number of guanidine groups is 1. The van der Waals surface area contributed by atoms with Crippen molar-refractivity contribution in [3.8, 4) is 0 Å². The van der Waals surface area contributed by atoms with Crippen molar-refractivity contribution in [1.82, 2.24) is 16.0 Å². The molecule has 0 bridgehead atoms. The first-order valence-electron chi connectivity index (χ1n) is 10.5. The standard InChI is InChI=1S/C22H38N4O2.HI/c1-5-7-13-24-21(27)20-11-9-19(10-12-20)16-26-22(23-6-2)25-14-8-15-28-17-18(3)4;/h9-12,18H,5-8,13-17H2,1-4H3,(H,24,27)(H2,23,25,26);1H. The minimum atomic E-state index is -0.0156. The number of ether oxygens (including phenoxy) is 1. The molecule has 0 aliphatic heterocycles. The average Bonchev–Trinajstić information content (AvgIpc) is 2.69. The van der Waals surface area contributed by atoms with Crippen molar-refractivity contribution in [1.29, 1.82) is 0 Å². The number of unbranched alkanes of at least 4 members (excludes halogenated alkanes) is 1. The molecular formula is C22H39IN4O2. The molecule has 1 rings (SSSR count). The van der Waals surface area contributed by atoms with Crippen molar-refractivity contribution in [2.45, 2.75) is 53.5 Å². The number of aliphatic imine (C=N–C) groups is 1. The van der Waals surface area contributed by atoms with Gasteiger partial charge in [-0.05, 0) is 43.4 Å². The van der Waals surface area contributed by atoms with E-state index in [1.54, 1.807) is 0 Å². The zero-order valence-corrected chi connectivity index (χ0v) is 20.8. The summed E-state index contributed by atoms with van der Waals surface area (Å²) in [4.78, 5) is 16.7. The van der Waals surface area contributed by atoms with Crippen LogP contribution in [0, 0.1) is 5.92 Å². The molecule has 1 amide bonds. The summed E-state index contributed by atoms with van der Waals surface area (Å²) in [6, 6.07) is 7.64. The summed E-state index contributed by atoms with van der Waals surface area (Å²) in [5, 5.41) is 9.52. The molecule has 0 heterocycles.